The molecule has 0 amide bonds. The molecule has 3 nitrogen and oxygen atoms in total. The molecule has 2 aromatic rings. The Balaban J connectivity index is 1.70. The third-order valence-corrected chi connectivity index (χ3v) is 3.92. The number of hydrogen-bond donors (Lipinski definition) is 1. The first kappa shape index (κ1) is 14.0. The second-order valence-corrected chi connectivity index (χ2v) is 5.54. The molecule has 0 aliphatic carbocycles. The molecule has 2 aromatic carbocycles. The molecular formula is C18H21NO2. The first-order valence-corrected chi connectivity index (χ1v) is 7.44. The van der Waals surface area contributed by atoms with E-state index in [1.807, 2.05) is 43.3 Å². The molecule has 0 fully saturated rings. The minimum Gasteiger partial charge on any atom is -0.493 e. The maximum absolute atomic E-state index is 5.98. The van der Waals surface area contributed by atoms with Crippen molar-refractivity contribution in [1.29, 1.82) is 0 Å². The summed E-state index contributed by atoms with van der Waals surface area (Å²) in [6.45, 7) is 3.40. The molecule has 1 heterocycles. The van der Waals surface area contributed by atoms with Crippen LogP contribution in [0.1, 0.15) is 36.4 Å². The van der Waals surface area contributed by atoms with Crippen molar-refractivity contribution < 1.29 is 9.47 Å². The van der Waals surface area contributed by atoms with Gasteiger partial charge in [-0.3, -0.25) is 0 Å². The molecule has 0 saturated heterocycles. The van der Waals surface area contributed by atoms with Crippen molar-refractivity contribution in [2.24, 2.45) is 5.73 Å². The molecule has 0 aromatic heterocycles. The quantitative estimate of drug-likeness (QED) is 0.931. The Morgan fingerprint density at radius 2 is 2.10 bits per heavy atom. The zero-order valence-electron chi connectivity index (χ0n) is 12.3. The van der Waals surface area contributed by atoms with Gasteiger partial charge in [0.15, 0.2) is 0 Å². The van der Waals surface area contributed by atoms with Crippen LogP contribution >= 0.6 is 0 Å². The van der Waals surface area contributed by atoms with Crippen LogP contribution < -0.4 is 15.2 Å². The highest BCUT2D eigenvalue weighted by atomic mass is 16.5. The highest BCUT2D eigenvalue weighted by Crippen LogP contribution is 2.33. The maximum atomic E-state index is 5.98. The van der Waals surface area contributed by atoms with Crippen LogP contribution in [0.3, 0.4) is 0 Å². The molecule has 2 atom stereocenters. The van der Waals surface area contributed by atoms with Gasteiger partial charge in [0.25, 0.3) is 0 Å². The van der Waals surface area contributed by atoms with Gasteiger partial charge in [-0.2, -0.15) is 0 Å². The van der Waals surface area contributed by atoms with Gasteiger partial charge in [-0.15, -0.1) is 0 Å². The lowest BCUT2D eigenvalue weighted by Crippen LogP contribution is -2.19. The summed E-state index contributed by atoms with van der Waals surface area (Å²) < 4.78 is 11.7. The van der Waals surface area contributed by atoms with Crippen molar-refractivity contribution in [2.75, 3.05) is 13.2 Å². The Bertz CT molecular complexity index is 610. The lowest BCUT2D eigenvalue weighted by atomic mass is 9.94. The molecule has 0 bridgehead atoms. The zero-order valence-corrected chi connectivity index (χ0v) is 12.3. The molecule has 3 rings (SSSR count). The van der Waals surface area contributed by atoms with Crippen LogP contribution in [0.2, 0.25) is 0 Å². The van der Waals surface area contributed by atoms with E-state index in [0.29, 0.717) is 12.5 Å². The van der Waals surface area contributed by atoms with Crippen LogP contribution in [-0.4, -0.2) is 13.2 Å². The topological polar surface area (TPSA) is 44.5 Å². The van der Waals surface area contributed by atoms with E-state index in [1.165, 1.54) is 5.56 Å². The van der Waals surface area contributed by atoms with E-state index in [0.717, 1.165) is 30.1 Å². The Kier molecular flexibility index (Phi) is 4.11. The first-order valence-electron chi connectivity index (χ1n) is 7.44. The number of rotatable bonds is 4. The van der Waals surface area contributed by atoms with Crippen LogP contribution in [0, 0.1) is 0 Å². The normalized spacial score (nSPS) is 18.5. The van der Waals surface area contributed by atoms with Gasteiger partial charge in [-0.05, 0) is 37.1 Å². The van der Waals surface area contributed by atoms with Gasteiger partial charge in [0.05, 0.1) is 13.2 Å². The van der Waals surface area contributed by atoms with E-state index in [4.69, 9.17) is 15.2 Å². The van der Waals surface area contributed by atoms with Gasteiger partial charge < -0.3 is 15.2 Å². The molecule has 3 heteroatoms. The zero-order chi connectivity index (χ0) is 14.7. The van der Waals surface area contributed by atoms with Crippen LogP contribution in [-0.2, 0) is 0 Å². The molecule has 1 aliphatic rings. The van der Waals surface area contributed by atoms with E-state index in [2.05, 4.69) is 12.1 Å². The fourth-order valence-electron chi connectivity index (χ4n) is 2.67. The first-order chi connectivity index (χ1) is 10.2. The molecule has 1 aliphatic heterocycles. The molecule has 21 heavy (non-hydrogen) atoms. The Labute approximate surface area is 125 Å². The summed E-state index contributed by atoms with van der Waals surface area (Å²) in [4.78, 5) is 0. The van der Waals surface area contributed by atoms with Crippen LogP contribution in [0.25, 0.3) is 0 Å². The number of ether oxygens (including phenoxy) is 2. The molecule has 110 valence electrons. The highest BCUT2D eigenvalue weighted by molar-refractivity contribution is 5.38. The SMILES string of the molecule is C[C@@H](N)c1cccc(OCC2CCOc3ccccc32)c1. The minimum atomic E-state index is 0.0253. The second kappa shape index (κ2) is 6.19. The highest BCUT2D eigenvalue weighted by Gasteiger charge is 2.21. The fourth-order valence-corrected chi connectivity index (χ4v) is 2.67. The van der Waals surface area contributed by atoms with E-state index in [-0.39, 0.29) is 6.04 Å². The van der Waals surface area contributed by atoms with E-state index >= 15 is 0 Å². The van der Waals surface area contributed by atoms with Gasteiger partial charge in [0.2, 0.25) is 0 Å². The van der Waals surface area contributed by atoms with Crippen molar-refractivity contribution in [3.05, 3.63) is 59.7 Å². The number of para-hydroxylation sites is 1. The number of nitrogens with two attached hydrogens (primary N) is 1. The number of benzene rings is 2. The Morgan fingerprint density at radius 3 is 2.95 bits per heavy atom. The van der Waals surface area contributed by atoms with Crippen molar-refractivity contribution in [1.82, 2.24) is 0 Å². The van der Waals surface area contributed by atoms with Gasteiger partial charge >= 0.3 is 0 Å². The predicted octanol–water partition coefficient (Wildman–Crippen LogP) is 3.65. The van der Waals surface area contributed by atoms with Crippen molar-refractivity contribution >= 4 is 0 Å². The summed E-state index contributed by atoms with van der Waals surface area (Å²) in [5, 5.41) is 0. The summed E-state index contributed by atoms with van der Waals surface area (Å²) in [6.07, 6.45) is 0.990. The van der Waals surface area contributed by atoms with Crippen LogP contribution in [0.4, 0.5) is 0 Å². The van der Waals surface area contributed by atoms with E-state index in [1.54, 1.807) is 0 Å². The van der Waals surface area contributed by atoms with Gasteiger partial charge in [-0.25, -0.2) is 0 Å². The largest absolute Gasteiger partial charge is 0.493 e. The van der Waals surface area contributed by atoms with Gasteiger partial charge in [-0.1, -0.05) is 30.3 Å². The minimum absolute atomic E-state index is 0.0253. The summed E-state index contributed by atoms with van der Waals surface area (Å²) in [5.41, 5.74) is 8.25. The average Bonchev–Trinajstić information content (AvgIpc) is 2.53. The monoisotopic (exact) mass is 283 g/mol. The van der Waals surface area contributed by atoms with Gasteiger partial charge in [0, 0.05) is 17.5 Å². The third kappa shape index (κ3) is 3.19. The molecular weight excluding hydrogens is 262 g/mol. The Hall–Kier alpha value is -2.00. The van der Waals surface area contributed by atoms with Crippen molar-refractivity contribution in [3.8, 4) is 11.5 Å². The Morgan fingerprint density at radius 1 is 1.24 bits per heavy atom. The van der Waals surface area contributed by atoms with Crippen molar-refractivity contribution in [2.45, 2.75) is 25.3 Å². The average molecular weight is 283 g/mol. The summed E-state index contributed by atoms with van der Waals surface area (Å²) in [5.74, 6) is 2.25. The lowest BCUT2D eigenvalue weighted by Gasteiger charge is -2.26. The standard InChI is InChI=1S/C18H21NO2/c1-13(19)14-5-4-6-16(11-14)21-12-15-9-10-20-18-8-3-2-7-17(15)18/h2-8,11,13,15H,9-10,12,19H2,1H3/t13-,15?/m1/s1. The fraction of sp³-hybridized carbons (Fsp3) is 0.333. The van der Waals surface area contributed by atoms with Crippen LogP contribution in [0.15, 0.2) is 48.5 Å². The summed E-state index contributed by atoms with van der Waals surface area (Å²) in [7, 11) is 0. The summed E-state index contributed by atoms with van der Waals surface area (Å²) >= 11 is 0. The third-order valence-electron chi connectivity index (χ3n) is 3.92. The van der Waals surface area contributed by atoms with E-state index < -0.39 is 0 Å². The van der Waals surface area contributed by atoms with E-state index in [9.17, 15) is 0 Å². The smallest absolute Gasteiger partial charge is 0.122 e. The second-order valence-electron chi connectivity index (χ2n) is 5.54. The molecule has 0 radical (unpaired) electrons. The number of fused-ring (bicyclic) bond motifs is 1. The maximum Gasteiger partial charge on any atom is 0.122 e. The molecule has 0 saturated carbocycles. The molecule has 2 N–H and O–H groups in total. The van der Waals surface area contributed by atoms with Crippen LogP contribution in [0.5, 0.6) is 11.5 Å². The van der Waals surface area contributed by atoms with Crippen molar-refractivity contribution in [3.63, 3.8) is 0 Å². The van der Waals surface area contributed by atoms with Gasteiger partial charge in [0.1, 0.15) is 11.5 Å². The predicted molar refractivity (Wildman–Crippen MR) is 83.8 cm³/mol. The molecule has 1 unspecified atom stereocenters. The number of hydrogen-bond acceptors (Lipinski definition) is 3. The lowest BCUT2D eigenvalue weighted by molar-refractivity contribution is 0.217. The molecule has 0 spiro atoms. The summed E-state index contributed by atoms with van der Waals surface area (Å²) in [6, 6.07) is 16.3.